The van der Waals surface area contributed by atoms with Gasteiger partial charge in [-0.2, -0.15) is 0 Å². The van der Waals surface area contributed by atoms with Crippen LogP contribution >= 0.6 is 0 Å². The first-order chi connectivity index (χ1) is 9.17. The number of carbonyl (C=O) groups is 2. The van der Waals surface area contributed by atoms with Gasteiger partial charge in [-0.25, -0.2) is 4.79 Å². The van der Waals surface area contributed by atoms with E-state index >= 15 is 0 Å². The lowest BCUT2D eigenvalue weighted by atomic mass is 10.3. The van der Waals surface area contributed by atoms with Crippen molar-refractivity contribution >= 4 is 11.9 Å². The molecule has 1 aliphatic heterocycles. The highest BCUT2D eigenvalue weighted by atomic mass is 16.5. The monoisotopic (exact) mass is 266 g/mol. The Kier molecular flexibility index (Phi) is 6.89. The molecule has 0 spiro atoms. The van der Waals surface area contributed by atoms with Gasteiger partial charge < -0.3 is 9.64 Å². The summed E-state index contributed by atoms with van der Waals surface area (Å²) in [6.07, 6.45) is 6.42. The smallest absolute Gasteiger partial charge is 0.330 e. The predicted octanol–water partition coefficient (Wildman–Crippen LogP) is 0.826. The number of esters is 1. The van der Waals surface area contributed by atoms with Crippen molar-refractivity contribution in [3.63, 3.8) is 0 Å². The highest BCUT2D eigenvalue weighted by molar-refractivity contribution is 5.87. The highest BCUT2D eigenvalue weighted by Gasteiger charge is 2.19. The molecule has 19 heavy (non-hydrogen) atoms. The van der Waals surface area contributed by atoms with Gasteiger partial charge in [0.2, 0.25) is 5.91 Å². The SMILES string of the molecule is CC=CC(=O)OCCN1CCN(C(=O)/C=C/C)CC1. The predicted molar refractivity (Wildman–Crippen MR) is 73.6 cm³/mol. The molecule has 5 nitrogen and oxygen atoms in total. The third-order valence-corrected chi connectivity index (χ3v) is 2.95. The van der Waals surface area contributed by atoms with E-state index in [-0.39, 0.29) is 11.9 Å². The van der Waals surface area contributed by atoms with Crippen molar-refractivity contribution in [3.8, 4) is 0 Å². The zero-order valence-corrected chi connectivity index (χ0v) is 11.7. The van der Waals surface area contributed by atoms with Crippen molar-refractivity contribution in [2.45, 2.75) is 13.8 Å². The third-order valence-electron chi connectivity index (χ3n) is 2.95. The van der Waals surface area contributed by atoms with Crippen molar-refractivity contribution < 1.29 is 14.3 Å². The van der Waals surface area contributed by atoms with Crippen molar-refractivity contribution in [2.75, 3.05) is 39.3 Å². The van der Waals surface area contributed by atoms with E-state index in [0.717, 1.165) is 32.7 Å². The Balaban J connectivity index is 2.20. The Labute approximate surface area is 114 Å². The number of hydrogen-bond donors (Lipinski definition) is 0. The number of piperazine rings is 1. The molecule has 1 fully saturated rings. The first-order valence-electron chi connectivity index (χ1n) is 6.60. The van der Waals surface area contributed by atoms with Crippen LogP contribution in [0, 0.1) is 0 Å². The number of allylic oxidation sites excluding steroid dienone is 2. The molecule has 1 rings (SSSR count). The maximum atomic E-state index is 11.6. The molecular formula is C14H22N2O3. The van der Waals surface area contributed by atoms with Crippen molar-refractivity contribution in [1.82, 2.24) is 9.80 Å². The maximum Gasteiger partial charge on any atom is 0.330 e. The van der Waals surface area contributed by atoms with Gasteiger partial charge in [0.05, 0.1) is 0 Å². The van der Waals surface area contributed by atoms with Gasteiger partial charge in [-0.3, -0.25) is 9.69 Å². The standard InChI is InChI=1S/C14H22N2O3/c1-3-5-13(17)16-9-7-15(8-10-16)11-12-19-14(18)6-4-2/h3-6H,7-12H2,1-2H3/b5-3+,6-4?. The first kappa shape index (κ1) is 15.4. The summed E-state index contributed by atoms with van der Waals surface area (Å²) in [5.74, 6) is -0.231. The van der Waals surface area contributed by atoms with Gasteiger partial charge in [-0.1, -0.05) is 12.2 Å². The molecule has 0 saturated carbocycles. The molecule has 106 valence electrons. The molecule has 0 aliphatic carbocycles. The van der Waals surface area contributed by atoms with E-state index in [9.17, 15) is 9.59 Å². The number of carbonyl (C=O) groups excluding carboxylic acids is 2. The zero-order valence-electron chi connectivity index (χ0n) is 11.7. The van der Waals surface area contributed by atoms with Gasteiger partial charge in [0.1, 0.15) is 6.61 Å². The Morgan fingerprint density at radius 2 is 1.68 bits per heavy atom. The number of hydrogen-bond acceptors (Lipinski definition) is 4. The summed E-state index contributed by atoms with van der Waals surface area (Å²) >= 11 is 0. The lowest BCUT2D eigenvalue weighted by Crippen LogP contribution is -2.49. The van der Waals surface area contributed by atoms with Crippen LogP contribution in [0.1, 0.15) is 13.8 Å². The molecule has 0 radical (unpaired) electrons. The minimum absolute atomic E-state index is 0.0710. The molecule has 0 aromatic carbocycles. The van der Waals surface area contributed by atoms with Crippen LogP contribution in [-0.2, 0) is 14.3 Å². The topological polar surface area (TPSA) is 49.9 Å². The fourth-order valence-corrected chi connectivity index (χ4v) is 1.90. The van der Waals surface area contributed by atoms with E-state index in [0.29, 0.717) is 6.61 Å². The van der Waals surface area contributed by atoms with Crippen LogP contribution in [0.4, 0.5) is 0 Å². The molecule has 0 bridgehead atoms. The molecular weight excluding hydrogens is 244 g/mol. The van der Waals surface area contributed by atoms with E-state index < -0.39 is 0 Å². The molecule has 0 aromatic rings. The molecule has 1 saturated heterocycles. The lowest BCUT2D eigenvalue weighted by Gasteiger charge is -2.33. The Bertz CT molecular complexity index is 353. The van der Waals surface area contributed by atoms with Gasteiger partial charge >= 0.3 is 5.97 Å². The number of nitrogens with zero attached hydrogens (tertiary/aromatic N) is 2. The fraction of sp³-hybridized carbons (Fsp3) is 0.571. The van der Waals surface area contributed by atoms with Crippen LogP contribution in [0.15, 0.2) is 24.3 Å². The maximum absolute atomic E-state index is 11.6. The molecule has 0 unspecified atom stereocenters. The Morgan fingerprint density at radius 3 is 2.26 bits per heavy atom. The van der Waals surface area contributed by atoms with Crippen LogP contribution in [0.2, 0.25) is 0 Å². The summed E-state index contributed by atoms with van der Waals surface area (Å²) in [4.78, 5) is 26.8. The van der Waals surface area contributed by atoms with E-state index in [4.69, 9.17) is 4.74 Å². The van der Waals surface area contributed by atoms with Crippen molar-refractivity contribution in [3.05, 3.63) is 24.3 Å². The second-order valence-corrected chi connectivity index (χ2v) is 4.33. The third kappa shape index (κ3) is 5.70. The summed E-state index contributed by atoms with van der Waals surface area (Å²) < 4.78 is 5.04. The molecule has 5 heteroatoms. The molecule has 1 aliphatic rings. The number of amides is 1. The zero-order chi connectivity index (χ0) is 14.1. The summed E-state index contributed by atoms with van der Waals surface area (Å²) in [6, 6.07) is 0. The highest BCUT2D eigenvalue weighted by Crippen LogP contribution is 2.02. The molecule has 0 atom stereocenters. The summed E-state index contributed by atoms with van der Waals surface area (Å²) in [5, 5.41) is 0. The van der Waals surface area contributed by atoms with Gasteiger partial charge in [0.25, 0.3) is 0 Å². The Morgan fingerprint density at radius 1 is 1.05 bits per heavy atom. The second-order valence-electron chi connectivity index (χ2n) is 4.33. The molecule has 0 N–H and O–H groups in total. The second kappa shape index (κ2) is 8.48. The van der Waals surface area contributed by atoms with Gasteiger partial charge in [-0.05, 0) is 19.9 Å². The van der Waals surface area contributed by atoms with Crippen molar-refractivity contribution in [2.24, 2.45) is 0 Å². The van der Waals surface area contributed by atoms with E-state index in [2.05, 4.69) is 4.90 Å². The van der Waals surface area contributed by atoms with Gasteiger partial charge in [0, 0.05) is 38.8 Å². The molecule has 1 heterocycles. The summed E-state index contributed by atoms with van der Waals surface area (Å²) in [6.45, 7) is 7.84. The van der Waals surface area contributed by atoms with Crippen LogP contribution in [-0.4, -0.2) is 61.0 Å². The molecule has 0 aromatic heterocycles. The van der Waals surface area contributed by atoms with E-state index in [1.165, 1.54) is 6.08 Å². The molecule has 1 amide bonds. The first-order valence-corrected chi connectivity index (χ1v) is 6.60. The Hall–Kier alpha value is -1.62. The fourth-order valence-electron chi connectivity index (χ4n) is 1.90. The lowest BCUT2D eigenvalue weighted by molar-refractivity contribution is -0.138. The van der Waals surface area contributed by atoms with Crippen molar-refractivity contribution in [1.29, 1.82) is 0 Å². The average Bonchev–Trinajstić information content (AvgIpc) is 2.40. The largest absolute Gasteiger partial charge is 0.461 e. The van der Waals surface area contributed by atoms with Crippen LogP contribution in [0.3, 0.4) is 0 Å². The normalized spacial score (nSPS) is 17.3. The van der Waals surface area contributed by atoms with E-state index in [1.807, 2.05) is 11.8 Å². The summed E-state index contributed by atoms with van der Waals surface area (Å²) in [7, 11) is 0. The number of rotatable bonds is 5. The van der Waals surface area contributed by atoms with Gasteiger partial charge in [-0.15, -0.1) is 0 Å². The number of ether oxygens (including phenoxy) is 1. The minimum atomic E-state index is -0.301. The van der Waals surface area contributed by atoms with Crippen LogP contribution < -0.4 is 0 Å². The average molecular weight is 266 g/mol. The summed E-state index contributed by atoms with van der Waals surface area (Å²) in [5.41, 5.74) is 0. The van der Waals surface area contributed by atoms with Gasteiger partial charge in [0.15, 0.2) is 0 Å². The van der Waals surface area contributed by atoms with Crippen LogP contribution in [0.5, 0.6) is 0 Å². The quantitative estimate of drug-likeness (QED) is 0.546. The van der Waals surface area contributed by atoms with Crippen LogP contribution in [0.25, 0.3) is 0 Å². The van der Waals surface area contributed by atoms with E-state index in [1.54, 1.807) is 25.2 Å². The minimum Gasteiger partial charge on any atom is -0.461 e.